The molecular weight excluding hydrogens is 350 g/mol. The largest absolute Gasteiger partial charge is 0.357 e. The SMILES string of the molecule is CCNC(=NCc1cccc(-c2ncn[nH]2)c1)NCCCN1CCC(C)CC1. The van der Waals surface area contributed by atoms with Crippen LogP contribution in [0.25, 0.3) is 11.4 Å². The van der Waals surface area contributed by atoms with Gasteiger partial charge in [-0.15, -0.1) is 0 Å². The Hall–Kier alpha value is -2.41. The number of aromatic amines is 1. The van der Waals surface area contributed by atoms with Crippen molar-refractivity contribution in [2.75, 3.05) is 32.7 Å². The number of nitrogens with zero attached hydrogens (tertiary/aromatic N) is 4. The number of hydrogen-bond acceptors (Lipinski definition) is 4. The van der Waals surface area contributed by atoms with E-state index in [4.69, 9.17) is 4.99 Å². The second kappa shape index (κ2) is 10.8. The van der Waals surface area contributed by atoms with Crippen molar-refractivity contribution in [3.8, 4) is 11.4 Å². The second-order valence-electron chi connectivity index (χ2n) is 7.53. The summed E-state index contributed by atoms with van der Waals surface area (Å²) in [6.45, 7) is 10.5. The monoisotopic (exact) mass is 383 g/mol. The average Bonchev–Trinajstić information content (AvgIpc) is 3.26. The summed E-state index contributed by atoms with van der Waals surface area (Å²) in [5.41, 5.74) is 2.17. The lowest BCUT2D eigenvalue weighted by atomic mass is 9.99. The van der Waals surface area contributed by atoms with Crippen molar-refractivity contribution >= 4 is 5.96 Å². The van der Waals surface area contributed by atoms with E-state index in [-0.39, 0.29) is 0 Å². The van der Waals surface area contributed by atoms with Gasteiger partial charge in [-0.2, -0.15) is 5.10 Å². The second-order valence-corrected chi connectivity index (χ2v) is 7.53. The number of hydrogen-bond donors (Lipinski definition) is 3. The molecule has 152 valence electrons. The fourth-order valence-electron chi connectivity index (χ4n) is 3.47. The third-order valence-electron chi connectivity index (χ3n) is 5.20. The summed E-state index contributed by atoms with van der Waals surface area (Å²) >= 11 is 0. The van der Waals surface area contributed by atoms with E-state index in [0.717, 1.165) is 48.3 Å². The fraction of sp³-hybridized carbons (Fsp3) is 0.571. The Morgan fingerprint density at radius 2 is 2.14 bits per heavy atom. The minimum atomic E-state index is 0.626. The molecule has 0 radical (unpaired) electrons. The van der Waals surface area contributed by atoms with Gasteiger partial charge in [-0.05, 0) is 63.4 Å². The maximum absolute atomic E-state index is 4.73. The minimum Gasteiger partial charge on any atom is -0.357 e. The van der Waals surface area contributed by atoms with Gasteiger partial charge < -0.3 is 15.5 Å². The highest BCUT2D eigenvalue weighted by molar-refractivity contribution is 5.79. The van der Waals surface area contributed by atoms with Crippen LogP contribution in [0.5, 0.6) is 0 Å². The van der Waals surface area contributed by atoms with E-state index in [1.165, 1.54) is 38.8 Å². The first-order chi connectivity index (χ1) is 13.7. The number of nitrogens with one attached hydrogen (secondary N) is 3. The van der Waals surface area contributed by atoms with Gasteiger partial charge in [0.1, 0.15) is 6.33 Å². The quantitative estimate of drug-likeness (QED) is 0.371. The van der Waals surface area contributed by atoms with Crippen molar-refractivity contribution in [3.63, 3.8) is 0 Å². The van der Waals surface area contributed by atoms with E-state index in [1.54, 1.807) is 0 Å². The first kappa shape index (κ1) is 20.3. The molecule has 2 aromatic rings. The van der Waals surface area contributed by atoms with E-state index >= 15 is 0 Å². The predicted molar refractivity (Wildman–Crippen MR) is 114 cm³/mol. The van der Waals surface area contributed by atoms with Gasteiger partial charge in [-0.3, -0.25) is 5.10 Å². The number of aromatic nitrogens is 3. The summed E-state index contributed by atoms with van der Waals surface area (Å²) in [5.74, 6) is 2.55. The number of guanidine groups is 1. The van der Waals surface area contributed by atoms with E-state index in [0.29, 0.717) is 6.54 Å². The molecule has 0 atom stereocenters. The zero-order valence-electron chi connectivity index (χ0n) is 17.1. The number of piperidine rings is 1. The molecule has 3 N–H and O–H groups in total. The molecule has 1 aromatic heterocycles. The molecule has 2 heterocycles. The fourth-order valence-corrected chi connectivity index (χ4v) is 3.47. The zero-order valence-corrected chi connectivity index (χ0v) is 17.1. The Morgan fingerprint density at radius 3 is 2.89 bits per heavy atom. The molecule has 1 aromatic carbocycles. The Labute approximate surface area is 168 Å². The van der Waals surface area contributed by atoms with Gasteiger partial charge in [0.2, 0.25) is 0 Å². The number of H-pyrrole nitrogens is 1. The van der Waals surface area contributed by atoms with Gasteiger partial charge in [0.15, 0.2) is 11.8 Å². The molecule has 28 heavy (non-hydrogen) atoms. The van der Waals surface area contributed by atoms with Gasteiger partial charge in [0, 0.05) is 18.7 Å². The number of aliphatic imine (C=N–C) groups is 1. The maximum atomic E-state index is 4.73. The Morgan fingerprint density at radius 1 is 1.29 bits per heavy atom. The third kappa shape index (κ3) is 6.34. The van der Waals surface area contributed by atoms with E-state index in [9.17, 15) is 0 Å². The summed E-state index contributed by atoms with van der Waals surface area (Å²) in [5, 5.41) is 13.6. The van der Waals surface area contributed by atoms with Crippen molar-refractivity contribution in [1.82, 2.24) is 30.7 Å². The molecule has 0 unspecified atom stereocenters. The van der Waals surface area contributed by atoms with E-state index < -0.39 is 0 Å². The molecule has 0 aliphatic carbocycles. The standard InChI is InChI=1S/C21H33N7/c1-3-22-21(23-10-5-11-28-12-8-17(2)9-13-28)24-15-18-6-4-7-19(14-18)20-25-16-26-27-20/h4,6-7,14,16-17H,3,5,8-13,15H2,1-2H3,(H2,22,23,24)(H,25,26,27). The molecule has 1 saturated heterocycles. The average molecular weight is 384 g/mol. The molecule has 7 nitrogen and oxygen atoms in total. The molecule has 1 fully saturated rings. The van der Waals surface area contributed by atoms with Crippen LogP contribution in [0.4, 0.5) is 0 Å². The smallest absolute Gasteiger partial charge is 0.191 e. The van der Waals surface area contributed by atoms with Crippen molar-refractivity contribution in [1.29, 1.82) is 0 Å². The zero-order chi connectivity index (χ0) is 19.6. The lowest BCUT2D eigenvalue weighted by molar-refractivity contribution is 0.191. The normalized spacial score (nSPS) is 16.3. The number of rotatable bonds is 8. The summed E-state index contributed by atoms with van der Waals surface area (Å²) < 4.78 is 0. The molecule has 1 aliphatic heterocycles. The van der Waals surface area contributed by atoms with E-state index in [2.05, 4.69) is 56.7 Å². The van der Waals surface area contributed by atoms with Crippen LogP contribution in [-0.2, 0) is 6.54 Å². The summed E-state index contributed by atoms with van der Waals surface area (Å²) in [4.78, 5) is 11.5. The van der Waals surface area contributed by atoms with Gasteiger partial charge in [0.05, 0.1) is 6.54 Å². The van der Waals surface area contributed by atoms with Gasteiger partial charge >= 0.3 is 0 Å². The van der Waals surface area contributed by atoms with Crippen molar-refractivity contribution in [2.24, 2.45) is 10.9 Å². The molecule has 1 aliphatic rings. The highest BCUT2D eigenvalue weighted by atomic mass is 15.2. The maximum Gasteiger partial charge on any atom is 0.191 e. The molecule has 0 amide bonds. The molecular formula is C21H33N7. The number of likely N-dealkylation sites (tertiary alicyclic amines) is 1. The molecule has 0 saturated carbocycles. The van der Waals surface area contributed by atoms with Crippen LogP contribution in [0.1, 0.15) is 38.7 Å². The highest BCUT2D eigenvalue weighted by Crippen LogP contribution is 2.16. The van der Waals surface area contributed by atoms with Crippen LogP contribution in [0.2, 0.25) is 0 Å². The lowest BCUT2D eigenvalue weighted by Gasteiger charge is -2.30. The Balaban J connectivity index is 1.46. The van der Waals surface area contributed by atoms with Crippen molar-refractivity contribution in [2.45, 2.75) is 39.7 Å². The lowest BCUT2D eigenvalue weighted by Crippen LogP contribution is -2.39. The van der Waals surface area contributed by atoms with Crippen LogP contribution < -0.4 is 10.6 Å². The Kier molecular flexibility index (Phi) is 7.84. The van der Waals surface area contributed by atoms with Crippen molar-refractivity contribution < 1.29 is 0 Å². The van der Waals surface area contributed by atoms with Crippen LogP contribution in [0.3, 0.4) is 0 Å². The first-order valence-electron chi connectivity index (χ1n) is 10.4. The molecule has 7 heteroatoms. The first-order valence-corrected chi connectivity index (χ1v) is 10.4. The Bertz CT molecular complexity index is 718. The number of benzene rings is 1. The summed E-state index contributed by atoms with van der Waals surface area (Å²) in [6, 6.07) is 8.25. The molecule has 0 bridgehead atoms. The van der Waals surface area contributed by atoms with Crippen LogP contribution in [0.15, 0.2) is 35.6 Å². The van der Waals surface area contributed by atoms with Crippen LogP contribution in [0, 0.1) is 5.92 Å². The van der Waals surface area contributed by atoms with Gasteiger partial charge in [-0.25, -0.2) is 9.98 Å². The van der Waals surface area contributed by atoms with Crippen molar-refractivity contribution in [3.05, 3.63) is 36.2 Å². The van der Waals surface area contributed by atoms with Gasteiger partial charge in [-0.1, -0.05) is 25.1 Å². The molecule has 0 spiro atoms. The topological polar surface area (TPSA) is 81.2 Å². The van der Waals surface area contributed by atoms with Gasteiger partial charge in [0.25, 0.3) is 0 Å². The van der Waals surface area contributed by atoms with Crippen LogP contribution >= 0.6 is 0 Å². The minimum absolute atomic E-state index is 0.626. The highest BCUT2D eigenvalue weighted by Gasteiger charge is 2.14. The summed E-state index contributed by atoms with van der Waals surface area (Å²) in [6.07, 6.45) is 5.34. The predicted octanol–water partition coefficient (Wildman–Crippen LogP) is 2.65. The molecule has 3 rings (SSSR count). The van der Waals surface area contributed by atoms with Crippen LogP contribution in [-0.4, -0.2) is 58.8 Å². The summed E-state index contributed by atoms with van der Waals surface area (Å²) in [7, 11) is 0. The van der Waals surface area contributed by atoms with E-state index in [1.807, 2.05) is 12.1 Å². The third-order valence-corrected chi connectivity index (χ3v) is 5.20.